The molecular formula is C16H22BF3KNO4. The summed E-state index contributed by atoms with van der Waals surface area (Å²) in [6, 6.07) is 0. The van der Waals surface area contributed by atoms with E-state index in [0.717, 1.165) is 0 Å². The molecule has 1 amide bonds. The first-order valence-electron chi connectivity index (χ1n) is 7.69. The number of carboxylic acids is 1. The van der Waals surface area contributed by atoms with Crippen molar-refractivity contribution in [2.45, 2.75) is 53.6 Å². The first-order chi connectivity index (χ1) is 11.1. The maximum atomic E-state index is 13.5. The van der Waals surface area contributed by atoms with Gasteiger partial charge in [-0.05, 0) is 52.7 Å². The van der Waals surface area contributed by atoms with Crippen LogP contribution >= 0.6 is 0 Å². The minimum Gasteiger partial charge on any atom is -0.481 e. The summed E-state index contributed by atoms with van der Waals surface area (Å²) in [6.07, 6.45) is -1.47. The molecule has 0 aliphatic carbocycles. The van der Waals surface area contributed by atoms with Crippen molar-refractivity contribution in [1.82, 2.24) is 0 Å². The number of amides is 1. The number of benzene rings is 1. The Morgan fingerprint density at radius 2 is 1.58 bits per heavy atom. The van der Waals surface area contributed by atoms with Crippen LogP contribution in [0.1, 0.15) is 43.0 Å². The molecule has 0 bridgehead atoms. The standard InChI is InChI=1S/C16H22BF3NO4.K/c1-8-11(7-12(22)23)9(2)14(10(3)13(8)17(18,19)20)21-15(24)25-16(4,5)6;/h7H2,1-6H3,(H,21,24)(H,22,23);/q-1;+1. The third-order valence-corrected chi connectivity index (χ3v) is 3.74. The van der Waals surface area contributed by atoms with Crippen LogP contribution in [0.3, 0.4) is 0 Å². The molecule has 0 aromatic heterocycles. The SMILES string of the molecule is Cc1c(CC(=O)O)c(C)c([B-](F)(F)F)c(C)c1NC(=O)OC(C)(C)C.[K+]. The number of ether oxygens (including phenoxy) is 1. The van der Waals surface area contributed by atoms with Gasteiger partial charge in [0.05, 0.1) is 6.42 Å². The molecule has 0 radical (unpaired) electrons. The van der Waals surface area contributed by atoms with Gasteiger partial charge in [-0.2, -0.15) is 0 Å². The van der Waals surface area contributed by atoms with Crippen molar-refractivity contribution in [2.75, 3.05) is 5.32 Å². The van der Waals surface area contributed by atoms with Gasteiger partial charge < -0.3 is 22.8 Å². The van der Waals surface area contributed by atoms with E-state index in [1.807, 2.05) is 0 Å². The monoisotopic (exact) mass is 399 g/mol. The number of hydrogen-bond donors (Lipinski definition) is 2. The van der Waals surface area contributed by atoms with Gasteiger partial charge in [-0.1, -0.05) is 11.1 Å². The molecule has 0 atom stereocenters. The van der Waals surface area contributed by atoms with Crippen LogP contribution in [-0.4, -0.2) is 29.7 Å². The molecule has 0 unspecified atom stereocenters. The van der Waals surface area contributed by atoms with Crippen LogP contribution in [0.5, 0.6) is 0 Å². The Morgan fingerprint density at radius 1 is 1.08 bits per heavy atom. The fourth-order valence-corrected chi connectivity index (χ4v) is 2.79. The molecule has 1 aromatic carbocycles. The Kier molecular flexibility index (Phi) is 8.90. The van der Waals surface area contributed by atoms with Crippen LogP contribution in [0.15, 0.2) is 0 Å². The maximum absolute atomic E-state index is 13.5. The summed E-state index contributed by atoms with van der Waals surface area (Å²) in [5.74, 6) is -1.25. The third kappa shape index (κ3) is 6.56. The average molecular weight is 399 g/mol. The van der Waals surface area contributed by atoms with Gasteiger partial charge in [0.25, 0.3) is 0 Å². The Morgan fingerprint density at radius 3 is 1.96 bits per heavy atom. The molecule has 0 saturated heterocycles. The van der Waals surface area contributed by atoms with Crippen LogP contribution in [0.2, 0.25) is 0 Å². The van der Waals surface area contributed by atoms with E-state index >= 15 is 0 Å². The van der Waals surface area contributed by atoms with Crippen LogP contribution in [0, 0.1) is 20.8 Å². The maximum Gasteiger partial charge on any atom is 1.00 e. The molecule has 0 saturated carbocycles. The summed E-state index contributed by atoms with van der Waals surface area (Å²) in [6.45, 7) is 3.48. The van der Waals surface area contributed by atoms with Gasteiger partial charge in [0, 0.05) is 5.69 Å². The predicted octanol–water partition coefficient (Wildman–Crippen LogP) is 0.644. The van der Waals surface area contributed by atoms with E-state index in [1.165, 1.54) is 20.8 Å². The van der Waals surface area contributed by atoms with E-state index in [1.54, 1.807) is 20.8 Å². The van der Waals surface area contributed by atoms with Crippen LogP contribution in [-0.2, 0) is 16.0 Å². The summed E-state index contributed by atoms with van der Waals surface area (Å²) < 4.78 is 45.6. The Bertz CT molecular complexity index is 715. The Balaban J connectivity index is 0.00000625. The van der Waals surface area contributed by atoms with E-state index in [9.17, 15) is 22.5 Å². The van der Waals surface area contributed by atoms with E-state index in [-0.39, 0.29) is 79.3 Å². The second-order valence-electron chi connectivity index (χ2n) is 6.91. The normalized spacial score (nSPS) is 11.6. The fraction of sp³-hybridized carbons (Fsp3) is 0.500. The summed E-state index contributed by atoms with van der Waals surface area (Å²) >= 11 is 0. The molecule has 0 heterocycles. The summed E-state index contributed by atoms with van der Waals surface area (Å²) in [5.41, 5.74) is -1.72. The summed E-state index contributed by atoms with van der Waals surface area (Å²) in [5, 5.41) is 11.4. The molecule has 0 fully saturated rings. The smallest absolute Gasteiger partial charge is 0.481 e. The Labute approximate surface area is 193 Å². The first kappa shape index (κ1) is 25.5. The molecule has 5 nitrogen and oxygen atoms in total. The van der Waals surface area contributed by atoms with Gasteiger partial charge in [-0.3, -0.25) is 10.1 Å². The van der Waals surface area contributed by atoms with Crippen LogP contribution < -0.4 is 62.2 Å². The van der Waals surface area contributed by atoms with Crippen molar-refractivity contribution in [3.63, 3.8) is 0 Å². The topological polar surface area (TPSA) is 75.6 Å². The van der Waals surface area contributed by atoms with Gasteiger partial charge in [-0.25, -0.2) is 4.79 Å². The second-order valence-corrected chi connectivity index (χ2v) is 6.91. The molecule has 26 heavy (non-hydrogen) atoms. The number of carbonyl (C=O) groups is 2. The molecule has 10 heteroatoms. The number of hydrogen-bond acceptors (Lipinski definition) is 3. The van der Waals surface area contributed by atoms with Gasteiger partial charge in [0.1, 0.15) is 5.60 Å². The van der Waals surface area contributed by atoms with Crippen molar-refractivity contribution in [1.29, 1.82) is 0 Å². The number of nitrogens with one attached hydrogen (secondary N) is 1. The minimum absolute atomic E-state index is 0. The summed E-state index contributed by atoms with van der Waals surface area (Å²) in [4.78, 5) is 23.0. The van der Waals surface area contributed by atoms with Gasteiger partial charge in [0.15, 0.2) is 0 Å². The average Bonchev–Trinajstić information content (AvgIpc) is 2.36. The largest absolute Gasteiger partial charge is 1.00 e. The first-order valence-corrected chi connectivity index (χ1v) is 7.69. The second kappa shape index (κ2) is 9.10. The van der Waals surface area contributed by atoms with Crippen molar-refractivity contribution in [2.24, 2.45) is 0 Å². The number of carbonyl (C=O) groups excluding carboxylic acids is 1. The van der Waals surface area contributed by atoms with Crippen molar-refractivity contribution < 1.29 is 83.8 Å². The number of rotatable bonds is 4. The predicted molar refractivity (Wildman–Crippen MR) is 90.6 cm³/mol. The zero-order valence-corrected chi connectivity index (χ0v) is 19.2. The molecule has 0 aliphatic heterocycles. The molecule has 2 N–H and O–H groups in total. The van der Waals surface area contributed by atoms with Crippen molar-refractivity contribution >= 4 is 30.2 Å². The van der Waals surface area contributed by atoms with E-state index in [0.29, 0.717) is 0 Å². The van der Waals surface area contributed by atoms with Crippen molar-refractivity contribution in [3.8, 4) is 0 Å². The molecular weight excluding hydrogens is 377 g/mol. The molecule has 140 valence electrons. The quantitative estimate of drug-likeness (QED) is 0.729. The zero-order valence-electron chi connectivity index (χ0n) is 16.1. The van der Waals surface area contributed by atoms with Gasteiger partial charge in [0.2, 0.25) is 0 Å². The van der Waals surface area contributed by atoms with Crippen molar-refractivity contribution in [3.05, 3.63) is 22.3 Å². The number of aliphatic carboxylic acids is 1. The summed E-state index contributed by atoms with van der Waals surface area (Å²) in [7, 11) is 0. The van der Waals surface area contributed by atoms with E-state index in [2.05, 4.69) is 5.32 Å². The van der Waals surface area contributed by atoms with Gasteiger partial charge in [-0.15, -0.1) is 5.46 Å². The molecule has 1 aromatic rings. The van der Waals surface area contributed by atoms with Gasteiger partial charge >= 0.3 is 70.4 Å². The van der Waals surface area contributed by atoms with Crippen LogP contribution in [0.25, 0.3) is 0 Å². The molecule has 0 spiro atoms. The van der Waals surface area contributed by atoms with E-state index in [4.69, 9.17) is 9.84 Å². The fourth-order valence-electron chi connectivity index (χ4n) is 2.79. The van der Waals surface area contributed by atoms with Crippen LogP contribution in [0.4, 0.5) is 23.4 Å². The number of anilines is 1. The molecule has 0 aliphatic rings. The molecule has 1 rings (SSSR count). The Hall–Kier alpha value is -0.549. The number of halogens is 3. The number of carboxylic acid groups (broad SMARTS) is 1. The van der Waals surface area contributed by atoms with E-state index < -0.39 is 36.5 Å². The minimum atomic E-state index is -5.38. The third-order valence-electron chi connectivity index (χ3n) is 3.74. The zero-order chi connectivity index (χ0) is 19.7.